The first kappa shape index (κ1) is 20.2. The molecule has 0 fully saturated rings. The summed E-state index contributed by atoms with van der Waals surface area (Å²) in [5.41, 5.74) is 5.09. The van der Waals surface area contributed by atoms with E-state index in [1.54, 1.807) is 18.3 Å². The zero-order valence-electron chi connectivity index (χ0n) is 16.8. The van der Waals surface area contributed by atoms with Crippen LogP contribution in [0.3, 0.4) is 0 Å². The second-order valence-corrected chi connectivity index (χ2v) is 8.85. The summed E-state index contributed by atoms with van der Waals surface area (Å²) in [6, 6.07) is 22.8. The Labute approximate surface area is 193 Å². The molecule has 2 heterocycles. The van der Waals surface area contributed by atoms with Crippen LogP contribution in [0.5, 0.6) is 0 Å². The maximum Gasteiger partial charge on any atom is 0.255 e. The zero-order chi connectivity index (χ0) is 21.9. The van der Waals surface area contributed by atoms with Gasteiger partial charge in [-0.3, -0.25) is 4.79 Å². The quantitative estimate of drug-likeness (QED) is 0.282. The summed E-state index contributed by atoms with van der Waals surface area (Å²) in [5, 5.41) is 6.29. The highest BCUT2D eigenvalue weighted by Gasteiger charge is 2.09. The molecule has 2 aromatic heterocycles. The van der Waals surface area contributed by atoms with E-state index in [-0.39, 0.29) is 5.91 Å². The average Bonchev–Trinajstić information content (AvgIpc) is 3.44. The number of nitrogens with zero attached hydrogens (tertiary/aromatic N) is 2. The SMILES string of the molecule is O=C(Nc1ccc(-c2nc3ccc(NCc4cnc(Cl)s4)cc3[nH]2)cc1)c1ccccc1. The summed E-state index contributed by atoms with van der Waals surface area (Å²) in [4.78, 5) is 25.5. The molecule has 0 spiro atoms. The van der Waals surface area contributed by atoms with Crippen LogP contribution in [0, 0.1) is 0 Å². The number of aromatic amines is 1. The zero-order valence-corrected chi connectivity index (χ0v) is 18.4. The van der Waals surface area contributed by atoms with Gasteiger partial charge in [0.05, 0.1) is 17.6 Å². The lowest BCUT2D eigenvalue weighted by atomic mass is 10.1. The molecular weight excluding hydrogens is 442 g/mol. The molecular formula is C24H18ClN5OS. The maximum absolute atomic E-state index is 12.3. The molecule has 8 heteroatoms. The summed E-state index contributed by atoms with van der Waals surface area (Å²) in [5.74, 6) is 0.634. The number of aromatic nitrogens is 3. The van der Waals surface area contributed by atoms with Crippen LogP contribution in [0.4, 0.5) is 11.4 Å². The molecule has 3 N–H and O–H groups in total. The van der Waals surface area contributed by atoms with Crippen molar-refractivity contribution in [1.82, 2.24) is 15.0 Å². The second kappa shape index (κ2) is 8.82. The summed E-state index contributed by atoms with van der Waals surface area (Å²) < 4.78 is 0.543. The number of halogens is 1. The van der Waals surface area contributed by atoms with Crippen LogP contribution < -0.4 is 10.6 Å². The Bertz CT molecular complexity index is 1380. The molecule has 1 amide bonds. The number of anilines is 2. The van der Waals surface area contributed by atoms with Gasteiger partial charge in [-0.25, -0.2) is 9.97 Å². The Morgan fingerprint density at radius 2 is 1.78 bits per heavy atom. The van der Waals surface area contributed by atoms with E-state index in [2.05, 4.69) is 25.6 Å². The maximum atomic E-state index is 12.3. The standard InChI is InChI=1S/C24H18ClN5OS/c25-24-27-14-19(32-24)13-26-18-10-11-20-21(12-18)30-22(29-20)15-6-8-17(9-7-15)28-23(31)16-4-2-1-3-5-16/h1-12,14,26H,13H2,(H,28,31)(H,29,30). The van der Waals surface area contributed by atoms with Gasteiger partial charge in [0.1, 0.15) is 5.82 Å². The number of thiazole rings is 1. The molecule has 158 valence electrons. The first-order valence-electron chi connectivity index (χ1n) is 9.95. The van der Waals surface area contributed by atoms with E-state index in [1.807, 2.05) is 60.7 Å². The van der Waals surface area contributed by atoms with Gasteiger partial charge in [0.25, 0.3) is 5.91 Å². The van der Waals surface area contributed by atoms with E-state index in [1.165, 1.54) is 11.3 Å². The van der Waals surface area contributed by atoms with Crippen molar-refractivity contribution in [3.05, 3.63) is 93.9 Å². The fraction of sp³-hybridized carbons (Fsp3) is 0.0417. The Morgan fingerprint density at radius 3 is 2.53 bits per heavy atom. The van der Waals surface area contributed by atoms with Crippen LogP contribution >= 0.6 is 22.9 Å². The van der Waals surface area contributed by atoms with Crippen molar-refractivity contribution < 1.29 is 4.79 Å². The molecule has 0 atom stereocenters. The molecule has 5 rings (SSSR count). The number of carbonyl (C=O) groups excluding carboxylic acids is 1. The van der Waals surface area contributed by atoms with Crippen LogP contribution in [0.2, 0.25) is 4.47 Å². The summed E-state index contributed by atoms with van der Waals surface area (Å²) in [7, 11) is 0. The first-order valence-corrected chi connectivity index (χ1v) is 11.1. The number of benzene rings is 3. The molecule has 0 aliphatic heterocycles. The molecule has 3 aromatic carbocycles. The van der Waals surface area contributed by atoms with Crippen molar-refractivity contribution in [2.75, 3.05) is 10.6 Å². The van der Waals surface area contributed by atoms with Gasteiger partial charge in [0, 0.05) is 33.6 Å². The van der Waals surface area contributed by atoms with Crippen molar-refractivity contribution in [3.8, 4) is 11.4 Å². The number of H-pyrrole nitrogens is 1. The number of amides is 1. The Kier molecular flexibility index (Phi) is 5.58. The van der Waals surface area contributed by atoms with Crippen LogP contribution in [0.1, 0.15) is 15.2 Å². The summed E-state index contributed by atoms with van der Waals surface area (Å²) >= 11 is 7.35. The third-order valence-electron chi connectivity index (χ3n) is 4.93. The highest BCUT2D eigenvalue weighted by atomic mass is 35.5. The minimum Gasteiger partial charge on any atom is -0.380 e. The fourth-order valence-corrected chi connectivity index (χ4v) is 4.23. The van der Waals surface area contributed by atoms with Gasteiger partial charge in [0.2, 0.25) is 0 Å². The topological polar surface area (TPSA) is 82.7 Å². The van der Waals surface area contributed by atoms with E-state index in [9.17, 15) is 4.79 Å². The Morgan fingerprint density at radius 1 is 1.00 bits per heavy atom. The van der Waals surface area contributed by atoms with Gasteiger partial charge in [-0.05, 0) is 54.6 Å². The first-order chi connectivity index (χ1) is 15.6. The lowest BCUT2D eigenvalue weighted by Gasteiger charge is -2.06. The van der Waals surface area contributed by atoms with Crippen LogP contribution in [-0.2, 0) is 6.54 Å². The van der Waals surface area contributed by atoms with Gasteiger partial charge in [-0.2, -0.15) is 0 Å². The van der Waals surface area contributed by atoms with Crippen molar-refractivity contribution in [2.45, 2.75) is 6.54 Å². The number of nitrogens with one attached hydrogen (secondary N) is 3. The number of hydrogen-bond acceptors (Lipinski definition) is 5. The molecule has 0 bridgehead atoms. The minimum atomic E-state index is -0.136. The number of fused-ring (bicyclic) bond motifs is 1. The van der Waals surface area contributed by atoms with Gasteiger partial charge in [0.15, 0.2) is 4.47 Å². The number of rotatable bonds is 6. The van der Waals surface area contributed by atoms with Crippen molar-refractivity contribution in [2.24, 2.45) is 0 Å². The van der Waals surface area contributed by atoms with Gasteiger partial charge in [-0.15, -0.1) is 11.3 Å². The number of carbonyl (C=O) groups is 1. The molecule has 32 heavy (non-hydrogen) atoms. The van der Waals surface area contributed by atoms with Crippen LogP contribution in [-0.4, -0.2) is 20.9 Å². The Hall–Kier alpha value is -3.68. The monoisotopic (exact) mass is 459 g/mol. The third-order valence-corrected chi connectivity index (χ3v) is 6.04. The van der Waals surface area contributed by atoms with Crippen molar-refractivity contribution >= 4 is 51.3 Å². The van der Waals surface area contributed by atoms with E-state index in [0.29, 0.717) is 16.6 Å². The normalized spacial score (nSPS) is 10.9. The van der Waals surface area contributed by atoms with Crippen molar-refractivity contribution in [3.63, 3.8) is 0 Å². The number of hydrogen-bond donors (Lipinski definition) is 3. The highest BCUT2D eigenvalue weighted by molar-refractivity contribution is 7.15. The predicted molar refractivity (Wildman–Crippen MR) is 130 cm³/mol. The second-order valence-electron chi connectivity index (χ2n) is 7.15. The fourth-order valence-electron chi connectivity index (χ4n) is 3.32. The molecule has 6 nitrogen and oxygen atoms in total. The Balaban J connectivity index is 1.29. The minimum absolute atomic E-state index is 0.136. The van der Waals surface area contributed by atoms with E-state index in [4.69, 9.17) is 11.6 Å². The molecule has 0 aliphatic rings. The molecule has 5 aromatic rings. The summed E-state index contributed by atoms with van der Waals surface area (Å²) in [6.45, 7) is 0.660. The molecule has 0 saturated carbocycles. The lowest BCUT2D eigenvalue weighted by molar-refractivity contribution is 0.102. The van der Waals surface area contributed by atoms with Gasteiger partial charge in [-0.1, -0.05) is 29.8 Å². The van der Waals surface area contributed by atoms with E-state index in [0.717, 1.165) is 38.7 Å². The van der Waals surface area contributed by atoms with Gasteiger partial charge < -0.3 is 15.6 Å². The third kappa shape index (κ3) is 4.49. The smallest absolute Gasteiger partial charge is 0.255 e. The van der Waals surface area contributed by atoms with Gasteiger partial charge >= 0.3 is 0 Å². The average molecular weight is 460 g/mol. The predicted octanol–water partition coefficient (Wildman–Crippen LogP) is 6.20. The van der Waals surface area contributed by atoms with E-state index >= 15 is 0 Å². The number of imidazole rings is 1. The molecule has 0 unspecified atom stereocenters. The highest BCUT2D eigenvalue weighted by Crippen LogP contribution is 2.25. The van der Waals surface area contributed by atoms with Crippen LogP contribution in [0.25, 0.3) is 22.4 Å². The summed E-state index contributed by atoms with van der Waals surface area (Å²) in [6.07, 6.45) is 1.78. The van der Waals surface area contributed by atoms with Crippen LogP contribution in [0.15, 0.2) is 79.0 Å². The largest absolute Gasteiger partial charge is 0.380 e. The molecule has 0 radical (unpaired) electrons. The molecule has 0 saturated heterocycles. The lowest BCUT2D eigenvalue weighted by Crippen LogP contribution is -2.11. The molecule has 0 aliphatic carbocycles. The van der Waals surface area contributed by atoms with E-state index < -0.39 is 0 Å². The van der Waals surface area contributed by atoms with Crippen molar-refractivity contribution in [1.29, 1.82) is 0 Å².